The minimum atomic E-state index is -0.129. The topological polar surface area (TPSA) is 47.3 Å². The van der Waals surface area contributed by atoms with Gasteiger partial charge in [-0.2, -0.15) is 0 Å². The molecule has 0 radical (unpaired) electrons. The lowest BCUT2D eigenvalue weighted by Crippen LogP contribution is -2.57. The summed E-state index contributed by atoms with van der Waals surface area (Å²) in [7, 11) is 1.84. The number of rotatable bonds is 6. The summed E-state index contributed by atoms with van der Waals surface area (Å²) in [5, 5.41) is 0. The number of ether oxygens (including phenoxy) is 1. The molecule has 3 N–H and O–H groups in total. The first-order chi connectivity index (χ1) is 10.1. The van der Waals surface area contributed by atoms with Crippen molar-refractivity contribution in [2.45, 2.75) is 64.0 Å². The molecule has 1 aromatic rings. The molecular formula is C18H30N2O. The Morgan fingerprint density at radius 2 is 2.00 bits per heavy atom. The molecule has 2 rings (SSSR count). The number of hydrazine groups is 1. The zero-order valence-electron chi connectivity index (χ0n) is 13.7. The van der Waals surface area contributed by atoms with Gasteiger partial charge in [0.15, 0.2) is 0 Å². The normalized spacial score (nSPS) is 27.5. The Kier molecular flexibility index (Phi) is 5.80. The van der Waals surface area contributed by atoms with E-state index in [9.17, 15) is 0 Å². The van der Waals surface area contributed by atoms with Crippen LogP contribution in [0.5, 0.6) is 0 Å². The minimum Gasteiger partial charge on any atom is -0.377 e. The second-order valence-corrected chi connectivity index (χ2v) is 6.56. The fourth-order valence-electron chi connectivity index (χ4n) is 3.73. The van der Waals surface area contributed by atoms with Crippen molar-refractivity contribution in [3.63, 3.8) is 0 Å². The maximum Gasteiger partial charge on any atom is 0.0850 e. The van der Waals surface area contributed by atoms with Crippen LogP contribution in [0.1, 0.15) is 50.7 Å². The van der Waals surface area contributed by atoms with Gasteiger partial charge < -0.3 is 4.74 Å². The third-order valence-electron chi connectivity index (χ3n) is 5.10. The quantitative estimate of drug-likeness (QED) is 0.624. The van der Waals surface area contributed by atoms with E-state index in [-0.39, 0.29) is 11.6 Å². The van der Waals surface area contributed by atoms with Crippen molar-refractivity contribution < 1.29 is 4.74 Å². The number of hydrogen-bond donors (Lipinski definition) is 2. The Morgan fingerprint density at radius 1 is 1.33 bits per heavy atom. The molecular weight excluding hydrogens is 260 g/mol. The summed E-state index contributed by atoms with van der Waals surface area (Å²) in [5.41, 5.74) is 5.61. The summed E-state index contributed by atoms with van der Waals surface area (Å²) >= 11 is 0. The predicted molar refractivity (Wildman–Crippen MR) is 88.0 cm³/mol. The molecule has 0 amide bonds. The number of benzene rings is 1. The maximum atomic E-state index is 5.98. The van der Waals surface area contributed by atoms with E-state index < -0.39 is 0 Å². The first-order valence-corrected chi connectivity index (χ1v) is 8.22. The Morgan fingerprint density at radius 3 is 2.52 bits per heavy atom. The highest BCUT2D eigenvalue weighted by Crippen LogP contribution is 2.38. The summed E-state index contributed by atoms with van der Waals surface area (Å²) < 4.78 is 5.98. The highest BCUT2D eigenvalue weighted by atomic mass is 16.5. The maximum absolute atomic E-state index is 5.98. The second-order valence-electron chi connectivity index (χ2n) is 6.56. The van der Waals surface area contributed by atoms with Gasteiger partial charge in [0.1, 0.15) is 0 Å². The van der Waals surface area contributed by atoms with Crippen LogP contribution >= 0.6 is 0 Å². The third kappa shape index (κ3) is 3.85. The number of nitrogens with one attached hydrogen (secondary N) is 1. The molecule has 3 unspecified atom stereocenters. The van der Waals surface area contributed by atoms with E-state index >= 15 is 0 Å². The van der Waals surface area contributed by atoms with Crippen LogP contribution in [0.4, 0.5) is 0 Å². The van der Waals surface area contributed by atoms with Crippen molar-refractivity contribution in [1.82, 2.24) is 5.43 Å². The lowest BCUT2D eigenvalue weighted by Gasteiger charge is -2.44. The Bertz CT molecular complexity index is 431. The van der Waals surface area contributed by atoms with Crippen LogP contribution in [0.2, 0.25) is 0 Å². The molecule has 3 nitrogen and oxygen atoms in total. The van der Waals surface area contributed by atoms with E-state index in [1.807, 2.05) is 7.11 Å². The van der Waals surface area contributed by atoms with Crippen LogP contribution in [0.25, 0.3) is 0 Å². The monoisotopic (exact) mass is 290 g/mol. The fraction of sp³-hybridized carbons (Fsp3) is 0.667. The molecule has 1 aliphatic carbocycles. The van der Waals surface area contributed by atoms with Gasteiger partial charge in [0.25, 0.3) is 0 Å². The van der Waals surface area contributed by atoms with Crippen LogP contribution in [0.15, 0.2) is 24.3 Å². The van der Waals surface area contributed by atoms with Crippen molar-refractivity contribution in [2.75, 3.05) is 7.11 Å². The molecule has 1 aromatic carbocycles. The van der Waals surface area contributed by atoms with Crippen molar-refractivity contribution in [2.24, 2.45) is 11.8 Å². The summed E-state index contributed by atoms with van der Waals surface area (Å²) in [4.78, 5) is 0. The molecule has 0 bridgehead atoms. The van der Waals surface area contributed by atoms with E-state index in [1.165, 1.54) is 24.0 Å². The zero-order valence-corrected chi connectivity index (χ0v) is 13.7. The summed E-state index contributed by atoms with van der Waals surface area (Å²) in [6, 6.07) is 9.03. The molecule has 1 saturated carbocycles. The van der Waals surface area contributed by atoms with Crippen molar-refractivity contribution in [1.29, 1.82) is 0 Å². The van der Waals surface area contributed by atoms with E-state index in [1.54, 1.807) is 0 Å². The van der Waals surface area contributed by atoms with Crippen LogP contribution in [0, 0.1) is 5.92 Å². The van der Waals surface area contributed by atoms with Gasteiger partial charge in [-0.1, -0.05) is 51.0 Å². The highest BCUT2D eigenvalue weighted by Gasteiger charge is 2.41. The van der Waals surface area contributed by atoms with E-state index in [0.29, 0.717) is 5.92 Å². The zero-order chi connectivity index (χ0) is 15.3. The average Bonchev–Trinajstić information content (AvgIpc) is 2.53. The summed E-state index contributed by atoms with van der Waals surface area (Å²) in [6.07, 6.45) is 6.70. The first-order valence-electron chi connectivity index (χ1n) is 8.22. The molecule has 1 fully saturated rings. The Hall–Kier alpha value is -0.900. The van der Waals surface area contributed by atoms with Gasteiger partial charge in [0.2, 0.25) is 0 Å². The molecule has 0 spiro atoms. The van der Waals surface area contributed by atoms with E-state index in [4.69, 9.17) is 10.6 Å². The van der Waals surface area contributed by atoms with Crippen LogP contribution < -0.4 is 11.3 Å². The van der Waals surface area contributed by atoms with E-state index in [0.717, 1.165) is 25.7 Å². The standard InChI is InChI=1S/C18H30N2O/c1-4-15-7-9-16(10-8-15)12-17(20-19)18(21-3)11-5-6-14(2)13-18/h7-10,14,17,20H,4-6,11-13,19H2,1-3H3. The number of aryl methyl sites for hydroxylation is 1. The second kappa shape index (κ2) is 7.39. The molecule has 0 heterocycles. The molecule has 0 saturated heterocycles. The molecule has 3 heteroatoms. The Balaban J connectivity index is 2.12. The molecule has 1 aliphatic rings. The average molecular weight is 290 g/mol. The molecule has 3 atom stereocenters. The first kappa shape index (κ1) is 16.5. The predicted octanol–water partition coefficient (Wildman–Crippen LogP) is 3.22. The smallest absolute Gasteiger partial charge is 0.0850 e. The molecule has 118 valence electrons. The minimum absolute atomic E-state index is 0.129. The van der Waals surface area contributed by atoms with Gasteiger partial charge in [-0.05, 0) is 42.7 Å². The number of hydrogen-bond acceptors (Lipinski definition) is 3. The number of nitrogens with two attached hydrogens (primary N) is 1. The van der Waals surface area contributed by atoms with Crippen LogP contribution in [-0.4, -0.2) is 18.8 Å². The van der Waals surface area contributed by atoms with Crippen molar-refractivity contribution >= 4 is 0 Å². The van der Waals surface area contributed by atoms with Gasteiger partial charge in [-0.25, -0.2) is 0 Å². The largest absolute Gasteiger partial charge is 0.377 e. The fourth-order valence-corrected chi connectivity index (χ4v) is 3.73. The number of methoxy groups -OCH3 is 1. The van der Waals surface area contributed by atoms with Gasteiger partial charge in [-0.3, -0.25) is 11.3 Å². The third-order valence-corrected chi connectivity index (χ3v) is 5.10. The van der Waals surface area contributed by atoms with Gasteiger partial charge in [0.05, 0.1) is 11.6 Å². The van der Waals surface area contributed by atoms with Crippen molar-refractivity contribution in [3.8, 4) is 0 Å². The lowest BCUT2D eigenvalue weighted by atomic mass is 9.73. The van der Waals surface area contributed by atoms with Crippen LogP contribution in [-0.2, 0) is 17.6 Å². The van der Waals surface area contributed by atoms with E-state index in [2.05, 4.69) is 43.5 Å². The molecule has 21 heavy (non-hydrogen) atoms. The summed E-state index contributed by atoms with van der Waals surface area (Å²) in [5.74, 6) is 6.59. The van der Waals surface area contributed by atoms with Gasteiger partial charge in [-0.15, -0.1) is 0 Å². The summed E-state index contributed by atoms with van der Waals surface area (Å²) in [6.45, 7) is 4.50. The van der Waals surface area contributed by atoms with Crippen molar-refractivity contribution in [3.05, 3.63) is 35.4 Å². The van der Waals surface area contributed by atoms with Crippen LogP contribution in [0.3, 0.4) is 0 Å². The SMILES string of the molecule is CCc1ccc(CC(NN)C2(OC)CCCC(C)C2)cc1. The van der Waals surface area contributed by atoms with Gasteiger partial charge >= 0.3 is 0 Å². The molecule has 0 aromatic heterocycles. The lowest BCUT2D eigenvalue weighted by molar-refractivity contribution is -0.0791. The highest BCUT2D eigenvalue weighted by molar-refractivity contribution is 5.24. The Labute approximate surface area is 129 Å². The van der Waals surface area contributed by atoms with Gasteiger partial charge in [0, 0.05) is 7.11 Å². The molecule has 0 aliphatic heterocycles.